The van der Waals surface area contributed by atoms with Crippen molar-refractivity contribution in [2.24, 2.45) is 0 Å². The third-order valence-corrected chi connectivity index (χ3v) is 1.56. The highest BCUT2D eigenvalue weighted by molar-refractivity contribution is 5.47. The molecule has 0 fully saturated rings. The van der Waals surface area contributed by atoms with E-state index in [-0.39, 0.29) is 17.5 Å². The minimum absolute atomic E-state index is 0.0375. The Morgan fingerprint density at radius 3 is 2.56 bits per heavy atom. The van der Waals surface area contributed by atoms with Gasteiger partial charge in [0.15, 0.2) is 0 Å². The van der Waals surface area contributed by atoms with Crippen molar-refractivity contribution in [3.8, 4) is 11.6 Å². The molecule has 2 aromatic heterocycles. The van der Waals surface area contributed by atoms with E-state index < -0.39 is 12.1 Å². The first-order valence-corrected chi connectivity index (χ1v) is 3.96. The Morgan fingerprint density at radius 1 is 1.25 bits per heavy atom. The van der Waals surface area contributed by atoms with E-state index in [1.807, 2.05) is 0 Å². The summed E-state index contributed by atoms with van der Waals surface area (Å²) in [5, 5.41) is 6.06. The molecule has 2 rings (SSSR count). The highest BCUT2D eigenvalue weighted by Gasteiger charge is 2.38. The van der Waals surface area contributed by atoms with Crippen LogP contribution in [0.2, 0.25) is 0 Å². The number of alkyl halides is 3. The van der Waals surface area contributed by atoms with Gasteiger partial charge in [0.1, 0.15) is 5.69 Å². The van der Waals surface area contributed by atoms with Gasteiger partial charge in [-0.15, -0.1) is 10.2 Å². The molecule has 16 heavy (non-hydrogen) atoms. The van der Waals surface area contributed by atoms with E-state index in [2.05, 4.69) is 24.6 Å². The summed E-state index contributed by atoms with van der Waals surface area (Å²) in [6, 6.07) is 1.31. The Morgan fingerprint density at radius 2 is 2.00 bits per heavy atom. The third-order valence-electron chi connectivity index (χ3n) is 1.56. The second-order valence-electron chi connectivity index (χ2n) is 2.71. The zero-order valence-electron chi connectivity index (χ0n) is 7.56. The first-order valence-electron chi connectivity index (χ1n) is 3.96. The van der Waals surface area contributed by atoms with Gasteiger partial charge in [-0.2, -0.15) is 13.2 Å². The number of hydrogen-bond donors (Lipinski definition) is 1. The molecule has 0 aliphatic rings. The maximum Gasteiger partial charge on any atom is 0.470 e. The number of rotatable bonds is 1. The fourth-order valence-corrected chi connectivity index (χ4v) is 0.934. The molecule has 0 atom stereocenters. The van der Waals surface area contributed by atoms with Crippen molar-refractivity contribution in [3.63, 3.8) is 0 Å². The summed E-state index contributed by atoms with van der Waals surface area (Å²) in [7, 11) is 0. The van der Waals surface area contributed by atoms with E-state index in [1.54, 1.807) is 0 Å². The van der Waals surface area contributed by atoms with Crippen molar-refractivity contribution in [3.05, 3.63) is 18.2 Å². The Labute approximate surface area is 86.3 Å². The molecule has 0 saturated heterocycles. The minimum atomic E-state index is -4.68. The fourth-order valence-electron chi connectivity index (χ4n) is 0.934. The van der Waals surface area contributed by atoms with Gasteiger partial charge >= 0.3 is 12.1 Å². The highest BCUT2D eigenvalue weighted by atomic mass is 19.4. The molecule has 0 aromatic carbocycles. The number of nitrogen functional groups attached to an aromatic ring is 1. The molecule has 0 amide bonds. The summed E-state index contributed by atoms with van der Waals surface area (Å²) < 4.78 is 40.8. The molecule has 0 spiro atoms. The Balaban J connectivity index is 2.39. The molecule has 2 N–H and O–H groups in total. The summed E-state index contributed by atoms with van der Waals surface area (Å²) in [6.07, 6.45) is -3.40. The number of nitrogens with two attached hydrogens (primary N) is 1. The quantitative estimate of drug-likeness (QED) is 0.790. The molecule has 9 heteroatoms. The van der Waals surface area contributed by atoms with Gasteiger partial charge in [-0.05, 0) is 6.07 Å². The molecule has 0 radical (unpaired) electrons. The summed E-state index contributed by atoms with van der Waals surface area (Å²) in [5.74, 6) is -1.88. The van der Waals surface area contributed by atoms with Gasteiger partial charge in [-0.1, -0.05) is 0 Å². The standard InChI is InChI=1S/C7H4F3N5O/c8-7(9,10)5-15-14-4(16-5)3-1-2-12-6(11)13-3/h1-2H,(H2,11,12,13). The van der Waals surface area contributed by atoms with Crippen LogP contribution in [0.1, 0.15) is 5.89 Å². The molecule has 84 valence electrons. The molecular weight excluding hydrogens is 227 g/mol. The van der Waals surface area contributed by atoms with Crippen molar-refractivity contribution in [1.82, 2.24) is 20.2 Å². The number of hydrogen-bond acceptors (Lipinski definition) is 6. The van der Waals surface area contributed by atoms with Crippen LogP contribution in [0.3, 0.4) is 0 Å². The van der Waals surface area contributed by atoms with Gasteiger partial charge in [0.2, 0.25) is 5.95 Å². The lowest BCUT2D eigenvalue weighted by Crippen LogP contribution is -2.04. The smallest absolute Gasteiger partial charge is 0.411 e. The van der Waals surface area contributed by atoms with Gasteiger partial charge < -0.3 is 10.2 Å². The van der Waals surface area contributed by atoms with E-state index in [0.29, 0.717) is 0 Å². The highest BCUT2D eigenvalue weighted by Crippen LogP contribution is 2.29. The van der Waals surface area contributed by atoms with E-state index >= 15 is 0 Å². The van der Waals surface area contributed by atoms with Gasteiger partial charge in [-0.25, -0.2) is 9.97 Å². The van der Waals surface area contributed by atoms with Crippen LogP contribution < -0.4 is 5.73 Å². The lowest BCUT2D eigenvalue weighted by Gasteiger charge is -1.97. The molecule has 6 nitrogen and oxygen atoms in total. The zero-order chi connectivity index (χ0) is 11.8. The lowest BCUT2D eigenvalue weighted by molar-refractivity contribution is -0.156. The summed E-state index contributed by atoms with van der Waals surface area (Å²) in [6.45, 7) is 0. The first-order chi connectivity index (χ1) is 7.47. The first kappa shape index (κ1) is 10.3. The van der Waals surface area contributed by atoms with Gasteiger partial charge in [0, 0.05) is 6.20 Å². The molecule has 0 aliphatic heterocycles. The number of halogens is 3. The molecule has 2 heterocycles. The molecule has 0 aliphatic carbocycles. The molecule has 0 bridgehead atoms. The van der Waals surface area contributed by atoms with E-state index in [0.717, 1.165) is 0 Å². The normalized spacial score (nSPS) is 11.7. The van der Waals surface area contributed by atoms with Gasteiger partial charge in [-0.3, -0.25) is 0 Å². The maximum absolute atomic E-state index is 12.1. The monoisotopic (exact) mass is 231 g/mol. The molecule has 0 unspecified atom stereocenters. The van der Waals surface area contributed by atoms with Crippen LogP contribution in [0.25, 0.3) is 11.6 Å². The molecular formula is C7H4F3N5O. The van der Waals surface area contributed by atoms with Crippen LogP contribution >= 0.6 is 0 Å². The van der Waals surface area contributed by atoms with Crippen molar-refractivity contribution in [1.29, 1.82) is 0 Å². The van der Waals surface area contributed by atoms with Crippen LogP contribution in [0, 0.1) is 0 Å². The van der Waals surface area contributed by atoms with Crippen LogP contribution in [0.4, 0.5) is 19.1 Å². The average Bonchev–Trinajstić information content (AvgIpc) is 2.65. The van der Waals surface area contributed by atoms with Crippen LogP contribution in [-0.2, 0) is 6.18 Å². The van der Waals surface area contributed by atoms with Crippen molar-refractivity contribution in [2.75, 3.05) is 5.73 Å². The maximum atomic E-state index is 12.1. The van der Waals surface area contributed by atoms with Crippen molar-refractivity contribution < 1.29 is 17.6 Å². The van der Waals surface area contributed by atoms with Crippen LogP contribution in [0.15, 0.2) is 16.7 Å². The second-order valence-corrected chi connectivity index (χ2v) is 2.71. The second kappa shape index (κ2) is 3.43. The lowest BCUT2D eigenvalue weighted by atomic mass is 10.4. The van der Waals surface area contributed by atoms with Gasteiger partial charge in [0.05, 0.1) is 0 Å². The summed E-state index contributed by atoms with van der Waals surface area (Å²) >= 11 is 0. The molecule has 0 saturated carbocycles. The SMILES string of the molecule is Nc1nccc(-c2nnc(C(F)(F)F)o2)n1. The minimum Gasteiger partial charge on any atom is -0.411 e. The van der Waals surface area contributed by atoms with Crippen molar-refractivity contribution >= 4 is 5.95 Å². The number of anilines is 1. The van der Waals surface area contributed by atoms with Gasteiger partial charge in [0.25, 0.3) is 5.89 Å². The Bertz CT molecular complexity index is 509. The van der Waals surface area contributed by atoms with E-state index in [9.17, 15) is 13.2 Å². The predicted octanol–water partition coefficient (Wildman–Crippen LogP) is 1.13. The zero-order valence-corrected chi connectivity index (χ0v) is 7.56. The van der Waals surface area contributed by atoms with E-state index in [4.69, 9.17) is 5.73 Å². The predicted molar refractivity (Wildman–Crippen MR) is 44.7 cm³/mol. The van der Waals surface area contributed by atoms with Crippen molar-refractivity contribution in [2.45, 2.75) is 6.18 Å². The Hall–Kier alpha value is -2.19. The molecule has 2 aromatic rings. The average molecular weight is 231 g/mol. The fraction of sp³-hybridized carbons (Fsp3) is 0.143. The van der Waals surface area contributed by atoms with E-state index in [1.165, 1.54) is 12.3 Å². The summed E-state index contributed by atoms with van der Waals surface area (Å²) in [4.78, 5) is 7.22. The largest absolute Gasteiger partial charge is 0.470 e. The van der Waals surface area contributed by atoms with Crippen LogP contribution in [-0.4, -0.2) is 20.2 Å². The Kier molecular flexibility index (Phi) is 2.22. The number of nitrogens with zero attached hydrogens (tertiary/aromatic N) is 4. The third kappa shape index (κ3) is 1.92. The topological polar surface area (TPSA) is 90.7 Å². The summed E-state index contributed by atoms with van der Waals surface area (Å²) in [5.41, 5.74) is 5.29. The van der Waals surface area contributed by atoms with Crippen LogP contribution in [0.5, 0.6) is 0 Å². The number of aromatic nitrogens is 4.